The number of carbonyl (C=O) groups excluding carboxylic acids is 2. The van der Waals surface area contributed by atoms with Crippen molar-refractivity contribution < 1.29 is 19.8 Å². The molecule has 0 unspecified atom stereocenters. The predicted molar refractivity (Wildman–Crippen MR) is 67.0 cm³/mol. The molecule has 0 amide bonds. The van der Waals surface area contributed by atoms with Gasteiger partial charge in [0.05, 0.1) is 0 Å². The van der Waals surface area contributed by atoms with Crippen LogP contribution < -0.4 is 0 Å². The highest BCUT2D eigenvalue weighted by atomic mass is 16.3. The van der Waals surface area contributed by atoms with Crippen molar-refractivity contribution in [2.24, 2.45) is 0 Å². The van der Waals surface area contributed by atoms with Crippen LogP contribution in [0.15, 0.2) is 48.5 Å². The van der Waals surface area contributed by atoms with Crippen molar-refractivity contribution in [3.05, 3.63) is 59.7 Å². The predicted octanol–water partition coefficient (Wildman–Crippen LogP) is 2.41. The summed E-state index contributed by atoms with van der Waals surface area (Å²) in [5.41, 5.74) is 1.18. The van der Waals surface area contributed by atoms with Crippen LogP contribution in [0.1, 0.15) is 20.7 Å². The van der Waals surface area contributed by atoms with E-state index in [1.165, 1.54) is 18.2 Å². The van der Waals surface area contributed by atoms with Crippen molar-refractivity contribution in [3.8, 4) is 11.5 Å². The Labute approximate surface area is 104 Å². The third kappa shape index (κ3) is 4.49. The van der Waals surface area contributed by atoms with Gasteiger partial charge in [-0.15, -0.1) is 0 Å². The Bertz CT molecular complexity index is 473. The lowest BCUT2D eigenvalue weighted by atomic mass is 10.2. The zero-order chi connectivity index (χ0) is 13.4. The lowest BCUT2D eigenvalue weighted by Crippen LogP contribution is -1.81. The van der Waals surface area contributed by atoms with Gasteiger partial charge in [-0.3, -0.25) is 9.59 Å². The molecular weight excluding hydrogens is 232 g/mol. The number of phenolic OH excluding ortho intramolecular Hbond substituents is 2. The summed E-state index contributed by atoms with van der Waals surface area (Å²) in [6.45, 7) is 0. The molecule has 0 saturated carbocycles. The summed E-state index contributed by atoms with van der Waals surface area (Å²) in [6.07, 6.45) is 1.49. The summed E-state index contributed by atoms with van der Waals surface area (Å²) in [6, 6.07) is 12.3. The standard InChI is InChI=1S/C8H6O2.C6H6O2/c9-5-7-1-2-8(6-10)4-3-7;7-5-2-1-3-6(8)4-5/h1-6H;1-4,7-8H. The number of phenols is 2. The van der Waals surface area contributed by atoms with Gasteiger partial charge >= 0.3 is 0 Å². The number of benzene rings is 2. The molecule has 4 heteroatoms. The Morgan fingerprint density at radius 1 is 0.722 bits per heavy atom. The molecule has 4 nitrogen and oxygen atoms in total. The molecule has 18 heavy (non-hydrogen) atoms. The van der Waals surface area contributed by atoms with Gasteiger partial charge in [0.15, 0.2) is 0 Å². The van der Waals surface area contributed by atoms with Gasteiger partial charge in [0.25, 0.3) is 0 Å². The first-order chi connectivity index (χ1) is 8.65. The first kappa shape index (κ1) is 13.4. The third-order valence-electron chi connectivity index (χ3n) is 2.04. The maximum absolute atomic E-state index is 10.1. The number of aldehydes is 2. The van der Waals surface area contributed by atoms with E-state index in [2.05, 4.69) is 0 Å². The molecule has 0 spiro atoms. The molecule has 0 aromatic heterocycles. The number of rotatable bonds is 2. The number of hydrogen-bond acceptors (Lipinski definition) is 4. The van der Waals surface area contributed by atoms with Gasteiger partial charge in [-0.25, -0.2) is 0 Å². The minimum atomic E-state index is 0.0880. The Morgan fingerprint density at radius 3 is 1.33 bits per heavy atom. The Kier molecular flexibility index (Phi) is 5.12. The molecule has 0 atom stereocenters. The van der Waals surface area contributed by atoms with Crippen LogP contribution in [0.4, 0.5) is 0 Å². The van der Waals surface area contributed by atoms with Gasteiger partial charge in [0, 0.05) is 17.2 Å². The van der Waals surface area contributed by atoms with Crippen molar-refractivity contribution >= 4 is 12.6 Å². The van der Waals surface area contributed by atoms with Crippen LogP contribution in [0, 0.1) is 0 Å². The van der Waals surface area contributed by atoms with E-state index in [0.29, 0.717) is 11.1 Å². The smallest absolute Gasteiger partial charge is 0.150 e. The second-order valence-electron chi connectivity index (χ2n) is 3.42. The summed E-state index contributed by atoms with van der Waals surface area (Å²) in [4.78, 5) is 20.2. The summed E-state index contributed by atoms with van der Waals surface area (Å²) >= 11 is 0. The molecule has 92 valence electrons. The third-order valence-corrected chi connectivity index (χ3v) is 2.04. The molecule has 0 aliphatic rings. The number of aromatic hydroxyl groups is 2. The molecule has 0 bridgehead atoms. The minimum Gasteiger partial charge on any atom is -0.508 e. The Morgan fingerprint density at radius 2 is 1.11 bits per heavy atom. The molecule has 0 aliphatic carbocycles. The first-order valence-electron chi connectivity index (χ1n) is 5.14. The molecule has 0 radical (unpaired) electrons. The maximum Gasteiger partial charge on any atom is 0.150 e. The van der Waals surface area contributed by atoms with Crippen LogP contribution >= 0.6 is 0 Å². The fourth-order valence-electron chi connectivity index (χ4n) is 1.15. The van der Waals surface area contributed by atoms with Crippen LogP contribution in [-0.2, 0) is 0 Å². The zero-order valence-corrected chi connectivity index (χ0v) is 9.48. The van der Waals surface area contributed by atoms with Crippen molar-refractivity contribution in [1.82, 2.24) is 0 Å². The highest BCUT2D eigenvalue weighted by Crippen LogP contribution is 2.14. The topological polar surface area (TPSA) is 74.6 Å². The maximum atomic E-state index is 10.1. The van der Waals surface area contributed by atoms with E-state index in [9.17, 15) is 9.59 Å². The van der Waals surface area contributed by atoms with Gasteiger partial charge in [-0.2, -0.15) is 0 Å². The highest BCUT2D eigenvalue weighted by molar-refractivity contribution is 5.79. The van der Waals surface area contributed by atoms with E-state index in [0.717, 1.165) is 12.6 Å². The second kappa shape index (κ2) is 6.85. The normalized spacial score (nSPS) is 8.89. The largest absolute Gasteiger partial charge is 0.508 e. The average molecular weight is 244 g/mol. The summed E-state index contributed by atoms with van der Waals surface area (Å²) in [5, 5.41) is 17.3. The molecule has 2 aromatic carbocycles. The summed E-state index contributed by atoms with van der Waals surface area (Å²) in [7, 11) is 0. The highest BCUT2D eigenvalue weighted by Gasteiger charge is 1.89. The molecule has 0 saturated heterocycles. The monoisotopic (exact) mass is 244 g/mol. The molecule has 0 aliphatic heterocycles. The minimum absolute atomic E-state index is 0.0880. The van der Waals surface area contributed by atoms with Crippen LogP contribution in [0.3, 0.4) is 0 Å². The second-order valence-corrected chi connectivity index (χ2v) is 3.42. The molecular formula is C14H12O4. The Hall–Kier alpha value is -2.62. The van der Waals surface area contributed by atoms with Gasteiger partial charge in [-0.05, 0) is 12.1 Å². The van der Waals surface area contributed by atoms with Crippen LogP contribution in [-0.4, -0.2) is 22.8 Å². The fourth-order valence-corrected chi connectivity index (χ4v) is 1.15. The fraction of sp³-hybridized carbons (Fsp3) is 0. The van der Waals surface area contributed by atoms with E-state index in [4.69, 9.17) is 10.2 Å². The van der Waals surface area contributed by atoms with E-state index in [-0.39, 0.29) is 11.5 Å². The van der Waals surface area contributed by atoms with E-state index in [1.807, 2.05) is 0 Å². The van der Waals surface area contributed by atoms with Crippen LogP contribution in [0.2, 0.25) is 0 Å². The number of carbonyl (C=O) groups is 2. The molecule has 2 rings (SSSR count). The van der Waals surface area contributed by atoms with Crippen LogP contribution in [0.5, 0.6) is 11.5 Å². The van der Waals surface area contributed by atoms with E-state index in [1.54, 1.807) is 30.3 Å². The first-order valence-corrected chi connectivity index (χ1v) is 5.14. The van der Waals surface area contributed by atoms with Gasteiger partial charge < -0.3 is 10.2 Å². The van der Waals surface area contributed by atoms with Gasteiger partial charge in [0.2, 0.25) is 0 Å². The lowest BCUT2D eigenvalue weighted by Gasteiger charge is -1.89. The number of hydrogen-bond donors (Lipinski definition) is 2. The van der Waals surface area contributed by atoms with Crippen molar-refractivity contribution in [3.63, 3.8) is 0 Å². The van der Waals surface area contributed by atoms with E-state index < -0.39 is 0 Å². The zero-order valence-electron chi connectivity index (χ0n) is 9.48. The molecule has 2 aromatic rings. The quantitative estimate of drug-likeness (QED) is 0.795. The molecule has 0 heterocycles. The molecule has 0 fully saturated rings. The summed E-state index contributed by atoms with van der Waals surface area (Å²) < 4.78 is 0. The Balaban J connectivity index is 0.000000184. The van der Waals surface area contributed by atoms with Crippen molar-refractivity contribution in [2.75, 3.05) is 0 Å². The van der Waals surface area contributed by atoms with Gasteiger partial charge in [-0.1, -0.05) is 30.3 Å². The SMILES string of the molecule is O=Cc1ccc(C=O)cc1.Oc1cccc(O)c1. The van der Waals surface area contributed by atoms with Gasteiger partial charge in [0.1, 0.15) is 24.1 Å². The summed E-state index contributed by atoms with van der Waals surface area (Å²) in [5.74, 6) is 0.176. The lowest BCUT2D eigenvalue weighted by molar-refractivity contribution is 0.111. The molecule has 2 N–H and O–H groups in total. The van der Waals surface area contributed by atoms with Crippen LogP contribution in [0.25, 0.3) is 0 Å². The average Bonchev–Trinajstić information content (AvgIpc) is 2.39. The van der Waals surface area contributed by atoms with Crippen molar-refractivity contribution in [1.29, 1.82) is 0 Å². The van der Waals surface area contributed by atoms with E-state index >= 15 is 0 Å². The van der Waals surface area contributed by atoms with Crippen molar-refractivity contribution in [2.45, 2.75) is 0 Å².